The fraction of sp³-hybridized carbons (Fsp3) is 0.875. The normalized spacial score (nSPS) is 22.5. The summed E-state index contributed by atoms with van der Waals surface area (Å²) in [6.45, 7) is 1.90. The molecule has 1 atom stereocenters. The molecule has 0 aromatic heterocycles. The molecule has 1 aliphatic rings. The first-order chi connectivity index (χ1) is 5.15. The lowest BCUT2D eigenvalue weighted by Crippen LogP contribution is -2.50. The number of ether oxygens (including phenoxy) is 1. The molecule has 3 heteroatoms. The highest BCUT2D eigenvalue weighted by Gasteiger charge is 2.46. The second-order valence-electron chi connectivity index (χ2n) is 3.22. The van der Waals surface area contributed by atoms with Gasteiger partial charge in [-0.25, -0.2) is 0 Å². The topological polar surface area (TPSA) is 38.3 Å². The van der Waals surface area contributed by atoms with Crippen LogP contribution in [0.25, 0.3) is 0 Å². The van der Waals surface area contributed by atoms with Crippen molar-refractivity contribution < 1.29 is 9.53 Å². The van der Waals surface area contributed by atoms with Crippen molar-refractivity contribution in [2.45, 2.75) is 25.3 Å². The Bertz CT molecular complexity index is 165. The SMILES string of the molecule is CNC(C)(C(=O)OC)C1CC1. The van der Waals surface area contributed by atoms with Gasteiger partial charge >= 0.3 is 5.97 Å². The van der Waals surface area contributed by atoms with Gasteiger partial charge in [0.1, 0.15) is 5.54 Å². The molecule has 3 nitrogen and oxygen atoms in total. The Morgan fingerprint density at radius 1 is 1.64 bits per heavy atom. The third-order valence-corrected chi connectivity index (χ3v) is 2.52. The second kappa shape index (κ2) is 2.81. The monoisotopic (exact) mass is 157 g/mol. The van der Waals surface area contributed by atoms with Gasteiger partial charge in [-0.05, 0) is 32.7 Å². The van der Waals surface area contributed by atoms with Gasteiger partial charge in [-0.3, -0.25) is 4.79 Å². The smallest absolute Gasteiger partial charge is 0.326 e. The molecule has 11 heavy (non-hydrogen) atoms. The molecule has 64 valence electrons. The van der Waals surface area contributed by atoms with Crippen LogP contribution in [0.5, 0.6) is 0 Å². The lowest BCUT2D eigenvalue weighted by Gasteiger charge is -2.25. The van der Waals surface area contributed by atoms with Crippen LogP contribution in [0.1, 0.15) is 19.8 Å². The summed E-state index contributed by atoms with van der Waals surface area (Å²) in [5.41, 5.74) is -0.450. The molecule has 0 heterocycles. The highest BCUT2D eigenvalue weighted by Crippen LogP contribution is 2.39. The summed E-state index contributed by atoms with van der Waals surface area (Å²) in [5.74, 6) is 0.322. The predicted molar refractivity (Wildman–Crippen MR) is 42.2 cm³/mol. The molecule has 0 radical (unpaired) electrons. The van der Waals surface area contributed by atoms with Gasteiger partial charge in [0.25, 0.3) is 0 Å². The molecule has 0 bridgehead atoms. The summed E-state index contributed by atoms with van der Waals surface area (Å²) in [6.07, 6.45) is 2.26. The van der Waals surface area contributed by atoms with Crippen LogP contribution < -0.4 is 5.32 Å². The van der Waals surface area contributed by atoms with Crippen molar-refractivity contribution in [3.63, 3.8) is 0 Å². The maximum absolute atomic E-state index is 11.3. The van der Waals surface area contributed by atoms with E-state index in [-0.39, 0.29) is 5.97 Å². The number of rotatable bonds is 3. The summed E-state index contributed by atoms with van der Waals surface area (Å²) in [7, 11) is 3.23. The molecule has 0 aromatic rings. The molecule has 0 spiro atoms. The van der Waals surface area contributed by atoms with Crippen LogP contribution in [0.4, 0.5) is 0 Å². The van der Waals surface area contributed by atoms with Crippen molar-refractivity contribution in [2.24, 2.45) is 5.92 Å². The van der Waals surface area contributed by atoms with Crippen molar-refractivity contribution in [3.8, 4) is 0 Å². The Hall–Kier alpha value is -0.570. The largest absolute Gasteiger partial charge is 0.468 e. The minimum atomic E-state index is -0.450. The molecule has 1 rings (SSSR count). The summed E-state index contributed by atoms with van der Waals surface area (Å²) in [5, 5.41) is 3.02. The van der Waals surface area contributed by atoms with Crippen LogP contribution in [0, 0.1) is 5.92 Å². The first-order valence-electron chi connectivity index (χ1n) is 3.92. The fourth-order valence-corrected chi connectivity index (χ4v) is 1.35. The Morgan fingerprint density at radius 2 is 2.18 bits per heavy atom. The minimum Gasteiger partial charge on any atom is -0.468 e. The van der Waals surface area contributed by atoms with Crippen molar-refractivity contribution >= 4 is 5.97 Å². The van der Waals surface area contributed by atoms with E-state index in [1.165, 1.54) is 7.11 Å². The van der Waals surface area contributed by atoms with Crippen LogP contribution >= 0.6 is 0 Å². The van der Waals surface area contributed by atoms with E-state index in [9.17, 15) is 4.79 Å². The standard InChI is InChI=1S/C8H15NO2/c1-8(9-2,6-4-5-6)7(10)11-3/h6,9H,4-5H2,1-3H3. The van der Waals surface area contributed by atoms with Crippen LogP contribution in [-0.2, 0) is 9.53 Å². The first-order valence-corrected chi connectivity index (χ1v) is 3.92. The highest BCUT2D eigenvalue weighted by atomic mass is 16.5. The third-order valence-electron chi connectivity index (χ3n) is 2.52. The maximum Gasteiger partial charge on any atom is 0.326 e. The van der Waals surface area contributed by atoms with Gasteiger partial charge < -0.3 is 10.1 Å². The molecule has 0 aromatic carbocycles. The molecular weight excluding hydrogens is 142 g/mol. The van der Waals surface area contributed by atoms with Crippen LogP contribution in [-0.4, -0.2) is 25.7 Å². The number of hydrogen-bond acceptors (Lipinski definition) is 3. The summed E-state index contributed by atoms with van der Waals surface area (Å²) < 4.78 is 4.71. The van der Waals surface area contributed by atoms with E-state index >= 15 is 0 Å². The summed E-state index contributed by atoms with van der Waals surface area (Å²) >= 11 is 0. The van der Waals surface area contributed by atoms with Crippen molar-refractivity contribution in [1.82, 2.24) is 5.32 Å². The van der Waals surface area contributed by atoms with E-state index < -0.39 is 5.54 Å². The van der Waals surface area contributed by atoms with Crippen LogP contribution in [0.15, 0.2) is 0 Å². The fourth-order valence-electron chi connectivity index (χ4n) is 1.35. The Morgan fingerprint density at radius 3 is 2.45 bits per heavy atom. The van der Waals surface area contributed by atoms with E-state index in [0.29, 0.717) is 5.92 Å². The number of likely N-dealkylation sites (N-methyl/N-ethyl adjacent to an activating group) is 1. The Kier molecular flexibility index (Phi) is 2.18. The number of nitrogens with one attached hydrogen (secondary N) is 1. The second-order valence-corrected chi connectivity index (χ2v) is 3.22. The van der Waals surface area contributed by atoms with Gasteiger partial charge in [0.2, 0.25) is 0 Å². The average molecular weight is 157 g/mol. The molecule has 1 unspecified atom stereocenters. The van der Waals surface area contributed by atoms with E-state index in [2.05, 4.69) is 5.32 Å². The third kappa shape index (κ3) is 1.38. The van der Waals surface area contributed by atoms with E-state index in [1.54, 1.807) is 7.05 Å². The highest BCUT2D eigenvalue weighted by molar-refractivity contribution is 5.81. The molecular formula is C8H15NO2. The maximum atomic E-state index is 11.3. The molecule has 0 amide bonds. The van der Waals surface area contributed by atoms with E-state index in [0.717, 1.165) is 12.8 Å². The summed E-state index contributed by atoms with van der Waals surface area (Å²) in [6, 6.07) is 0. The lowest BCUT2D eigenvalue weighted by atomic mass is 9.96. The molecule has 1 saturated carbocycles. The number of hydrogen-bond donors (Lipinski definition) is 1. The van der Waals surface area contributed by atoms with E-state index in [4.69, 9.17) is 4.74 Å². The summed E-state index contributed by atoms with van der Waals surface area (Å²) in [4.78, 5) is 11.3. The molecule has 0 aliphatic heterocycles. The van der Waals surface area contributed by atoms with Gasteiger partial charge in [-0.1, -0.05) is 0 Å². The van der Waals surface area contributed by atoms with Crippen molar-refractivity contribution in [1.29, 1.82) is 0 Å². The Balaban J connectivity index is 2.64. The number of methoxy groups -OCH3 is 1. The van der Waals surface area contributed by atoms with Gasteiger partial charge in [0.05, 0.1) is 7.11 Å². The number of carbonyl (C=O) groups is 1. The van der Waals surface area contributed by atoms with Gasteiger partial charge in [0, 0.05) is 0 Å². The molecule has 0 saturated heterocycles. The molecule has 1 aliphatic carbocycles. The van der Waals surface area contributed by atoms with Gasteiger partial charge in [-0.2, -0.15) is 0 Å². The van der Waals surface area contributed by atoms with Crippen LogP contribution in [0.2, 0.25) is 0 Å². The zero-order valence-electron chi connectivity index (χ0n) is 7.31. The van der Waals surface area contributed by atoms with Crippen molar-refractivity contribution in [3.05, 3.63) is 0 Å². The quantitative estimate of drug-likeness (QED) is 0.608. The number of carbonyl (C=O) groups excluding carboxylic acids is 1. The zero-order valence-corrected chi connectivity index (χ0v) is 7.31. The molecule has 1 N–H and O–H groups in total. The first kappa shape index (κ1) is 8.53. The minimum absolute atomic E-state index is 0.150. The van der Waals surface area contributed by atoms with Crippen molar-refractivity contribution in [2.75, 3.05) is 14.2 Å². The Labute approximate surface area is 67.1 Å². The lowest BCUT2D eigenvalue weighted by molar-refractivity contribution is -0.148. The number of esters is 1. The van der Waals surface area contributed by atoms with Gasteiger partial charge in [-0.15, -0.1) is 0 Å². The average Bonchev–Trinajstić information content (AvgIpc) is 2.84. The predicted octanol–water partition coefficient (Wildman–Crippen LogP) is 0.547. The van der Waals surface area contributed by atoms with E-state index in [1.807, 2.05) is 6.92 Å². The van der Waals surface area contributed by atoms with Crippen LogP contribution in [0.3, 0.4) is 0 Å². The molecule has 1 fully saturated rings. The zero-order chi connectivity index (χ0) is 8.48. The van der Waals surface area contributed by atoms with Gasteiger partial charge in [0.15, 0.2) is 0 Å².